The molecule has 1 fully saturated rings. The van der Waals surface area contributed by atoms with Gasteiger partial charge in [0.15, 0.2) is 0 Å². The van der Waals surface area contributed by atoms with Gasteiger partial charge in [-0.25, -0.2) is 4.98 Å². The quantitative estimate of drug-likeness (QED) is 0.648. The lowest BCUT2D eigenvalue weighted by molar-refractivity contribution is -0.384. The van der Waals surface area contributed by atoms with Crippen molar-refractivity contribution in [3.8, 4) is 6.07 Å². The molecule has 7 nitrogen and oxygen atoms in total. The molecule has 1 saturated heterocycles. The highest BCUT2D eigenvalue weighted by Crippen LogP contribution is 2.33. The van der Waals surface area contributed by atoms with Crippen molar-refractivity contribution in [2.75, 3.05) is 18.1 Å². The highest BCUT2D eigenvalue weighted by atomic mass is 16.6. The van der Waals surface area contributed by atoms with E-state index < -0.39 is 4.92 Å². The Bertz CT molecular complexity index is 526. The minimum absolute atomic E-state index is 0.00253. The van der Waals surface area contributed by atoms with Crippen LogP contribution in [0.3, 0.4) is 0 Å². The highest BCUT2D eigenvalue weighted by Gasteiger charge is 2.31. The number of nitriles is 1. The molecule has 0 bridgehead atoms. The lowest BCUT2D eigenvalue weighted by Gasteiger charge is -2.35. The van der Waals surface area contributed by atoms with Crippen LogP contribution in [0, 0.1) is 21.4 Å². The Labute approximate surface area is 110 Å². The average Bonchev–Trinajstić information content (AvgIpc) is 2.46. The molecule has 2 rings (SSSR count). The smallest absolute Gasteiger partial charge is 0.329 e. The third kappa shape index (κ3) is 2.48. The summed E-state index contributed by atoms with van der Waals surface area (Å²) >= 11 is 0. The van der Waals surface area contributed by atoms with E-state index in [9.17, 15) is 15.2 Å². The first kappa shape index (κ1) is 13.2. The number of nitrogens with zero attached hydrogens (tertiary/aromatic N) is 4. The topological polar surface area (TPSA) is 103 Å². The van der Waals surface area contributed by atoms with Gasteiger partial charge < -0.3 is 10.0 Å². The van der Waals surface area contributed by atoms with Crippen LogP contribution in [0.15, 0.2) is 12.3 Å². The van der Waals surface area contributed by atoms with E-state index >= 15 is 0 Å². The molecule has 2 heterocycles. The SMILES string of the molecule is N#Cc1ccnc(N2CCCCC2CO)c1[N+](=O)[O-]. The summed E-state index contributed by atoms with van der Waals surface area (Å²) in [5.41, 5.74) is -0.275. The first-order chi connectivity index (χ1) is 9.19. The molecule has 0 amide bonds. The predicted molar refractivity (Wildman–Crippen MR) is 67.7 cm³/mol. The minimum Gasteiger partial charge on any atom is -0.394 e. The number of aromatic nitrogens is 1. The monoisotopic (exact) mass is 262 g/mol. The van der Waals surface area contributed by atoms with E-state index in [0.717, 1.165) is 19.3 Å². The molecule has 0 spiro atoms. The molecule has 1 unspecified atom stereocenters. The molecule has 19 heavy (non-hydrogen) atoms. The summed E-state index contributed by atoms with van der Waals surface area (Å²) in [7, 11) is 0. The van der Waals surface area contributed by atoms with Crippen molar-refractivity contribution in [1.29, 1.82) is 5.26 Å². The third-order valence-corrected chi connectivity index (χ3v) is 3.32. The average molecular weight is 262 g/mol. The fraction of sp³-hybridized carbons (Fsp3) is 0.500. The van der Waals surface area contributed by atoms with E-state index in [2.05, 4.69) is 4.98 Å². The molecule has 1 aromatic rings. The van der Waals surface area contributed by atoms with Crippen LogP contribution < -0.4 is 4.90 Å². The number of rotatable bonds is 3. The molecule has 0 aromatic carbocycles. The Balaban J connectivity index is 2.49. The predicted octanol–water partition coefficient (Wildman–Crippen LogP) is 1.21. The van der Waals surface area contributed by atoms with Gasteiger partial charge in [0.25, 0.3) is 0 Å². The van der Waals surface area contributed by atoms with Gasteiger partial charge in [0.2, 0.25) is 5.82 Å². The van der Waals surface area contributed by atoms with Gasteiger partial charge >= 0.3 is 5.69 Å². The summed E-state index contributed by atoms with van der Waals surface area (Å²) in [6.07, 6.45) is 4.04. The summed E-state index contributed by atoms with van der Waals surface area (Å²) in [6.45, 7) is 0.531. The van der Waals surface area contributed by atoms with Crippen LogP contribution in [0.2, 0.25) is 0 Å². The Morgan fingerprint density at radius 1 is 1.63 bits per heavy atom. The Hall–Kier alpha value is -2.20. The third-order valence-electron chi connectivity index (χ3n) is 3.32. The standard InChI is InChI=1S/C12H14N4O3/c13-7-9-4-5-14-12(11(9)16(18)19)15-6-2-1-3-10(15)8-17/h4-5,10,17H,1-3,6,8H2. The first-order valence-electron chi connectivity index (χ1n) is 6.10. The van der Waals surface area contributed by atoms with Gasteiger partial charge in [-0.1, -0.05) is 0 Å². The maximum Gasteiger partial charge on any atom is 0.329 e. The molecular weight excluding hydrogens is 248 g/mol. The second-order valence-electron chi connectivity index (χ2n) is 4.43. The molecule has 100 valence electrons. The fourth-order valence-corrected chi connectivity index (χ4v) is 2.39. The number of nitro groups is 1. The van der Waals surface area contributed by atoms with Gasteiger partial charge in [0.1, 0.15) is 11.6 Å². The Morgan fingerprint density at radius 2 is 2.42 bits per heavy atom. The maximum atomic E-state index is 11.2. The van der Waals surface area contributed by atoms with E-state index in [0.29, 0.717) is 6.54 Å². The van der Waals surface area contributed by atoms with Crippen molar-refractivity contribution in [3.63, 3.8) is 0 Å². The van der Waals surface area contributed by atoms with Gasteiger partial charge in [-0.2, -0.15) is 5.26 Å². The van der Waals surface area contributed by atoms with Crippen LogP contribution in [0.25, 0.3) is 0 Å². The summed E-state index contributed by atoms with van der Waals surface area (Å²) < 4.78 is 0. The van der Waals surface area contributed by atoms with Crippen LogP contribution in [0.1, 0.15) is 24.8 Å². The van der Waals surface area contributed by atoms with E-state index in [4.69, 9.17) is 5.26 Å². The van der Waals surface area contributed by atoms with Crippen LogP contribution >= 0.6 is 0 Å². The number of pyridine rings is 1. The second kappa shape index (κ2) is 5.63. The van der Waals surface area contributed by atoms with Crippen LogP contribution in [0.5, 0.6) is 0 Å². The molecule has 0 saturated carbocycles. The van der Waals surface area contributed by atoms with Gasteiger partial charge in [0.05, 0.1) is 17.6 Å². The van der Waals surface area contributed by atoms with E-state index in [1.165, 1.54) is 12.3 Å². The fourth-order valence-electron chi connectivity index (χ4n) is 2.39. The van der Waals surface area contributed by atoms with Crippen molar-refractivity contribution in [2.24, 2.45) is 0 Å². The number of piperidine rings is 1. The van der Waals surface area contributed by atoms with Crippen molar-refractivity contribution in [3.05, 3.63) is 27.9 Å². The number of aliphatic hydroxyl groups excluding tert-OH is 1. The van der Waals surface area contributed by atoms with Gasteiger partial charge in [-0.3, -0.25) is 10.1 Å². The molecule has 1 aliphatic rings. The Kier molecular flexibility index (Phi) is 3.92. The van der Waals surface area contributed by atoms with Crippen molar-refractivity contribution in [1.82, 2.24) is 4.98 Å². The zero-order chi connectivity index (χ0) is 13.8. The number of anilines is 1. The Morgan fingerprint density at radius 3 is 3.05 bits per heavy atom. The molecule has 1 aromatic heterocycles. The summed E-state index contributed by atoms with van der Waals surface area (Å²) in [5, 5.41) is 29.5. The van der Waals surface area contributed by atoms with Crippen LogP contribution in [0.4, 0.5) is 11.5 Å². The molecular formula is C12H14N4O3. The molecule has 7 heteroatoms. The van der Waals surface area contributed by atoms with E-state index in [-0.39, 0.29) is 29.7 Å². The summed E-state index contributed by atoms with van der Waals surface area (Å²) in [4.78, 5) is 16.4. The summed E-state index contributed by atoms with van der Waals surface area (Å²) in [5.74, 6) is 0.183. The number of hydrogen-bond donors (Lipinski definition) is 1. The van der Waals surface area contributed by atoms with Crippen LogP contribution in [-0.4, -0.2) is 34.2 Å². The number of aliphatic hydroxyl groups is 1. The zero-order valence-corrected chi connectivity index (χ0v) is 10.3. The lowest BCUT2D eigenvalue weighted by atomic mass is 10.0. The molecule has 0 aliphatic carbocycles. The maximum absolute atomic E-state index is 11.2. The van der Waals surface area contributed by atoms with Gasteiger partial charge in [0, 0.05) is 12.7 Å². The summed E-state index contributed by atoms with van der Waals surface area (Å²) in [6, 6.07) is 2.98. The van der Waals surface area contributed by atoms with Crippen molar-refractivity contribution >= 4 is 11.5 Å². The lowest BCUT2D eigenvalue weighted by Crippen LogP contribution is -2.42. The second-order valence-corrected chi connectivity index (χ2v) is 4.43. The largest absolute Gasteiger partial charge is 0.394 e. The van der Waals surface area contributed by atoms with Gasteiger partial charge in [-0.15, -0.1) is 0 Å². The van der Waals surface area contributed by atoms with Crippen molar-refractivity contribution < 1.29 is 10.0 Å². The molecule has 1 aliphatic heterocycles. The normalized spacial score (nSPS) is 18.9. The molecule has 0 radical (unpaired) electrons. The molecule has 1 N–H and O–H groups in total. The van der Waals surface area contributed by atoms with Gasteiger partial charge in [-0.05, 0) is 25.3 Å². The van der Waals surface area contributed by atoms with Crippen LogP contribution in [-0.2, 0) is 0 Å². The van der Waals surface area contributed by atoms with Crippen molar-refractivity contribution in [2.45, 2.75) is 25.3 Å². The zero-order valence-electron chi connectivity index (χ0n) is 10.3. The first-order valence-corrected chi connectivity index (χ1v) is 6.10. The highest BCUT2D eigenvalue weighted by molar-refractivity contribution is 5.66. The van der Waals surface area contributed by atoms with E-state index in [1.807, 2.05) is 6.07 Å². The number of hydrogen-bond acceptors (Lipinski definition) is 6. The molecule has 1 atom stereocenters. The minimum atomic E-state index is -0.579. The van der Waals surface area contributed by atoms with E-state index in [1.54, 1.807) is 4.90 Å².